The second-order valence-corrected chi connectivity index (χ2v) is 3.73. The van der Waals surface area contributed by atoms with Gasteiger partial charge in [-0.15, -0.1) is 0 Å². The highest BCUT2D eigenvalue weighted by Crippen LogP contribution is 2.16. The molecule has 0 saturated carbocycles. The van der Waals surface area contributed by atoms with E-state index in [0.29, 0.717) is 5.92 Å². The summed E-state index contributed by atoms with van der Waals surface area (Å²) in [6.07, 6.45) is -0.189. The maximum Gasteiger partial charge on any atom is 0.408 e. The molecule has 0 fully saturated rings. The molecule has 2 nitrogen and oxygen atoms in total. The molecule has 0 spiro atoms. The largest absolute Gasteiger partial charge is 0.408 e. The van der Waals surface area contributed by atoms with Crippen LogP contribution >= 0.6 is 0 Å². The van der Waals surface area contributed by atoms with Crippen LogP contribution in [0.15, 0.2) is 29.5 Å². The normalized spacial score (nSPS) is 13.6. The zero-order valence-corrected chi connectivity index (χ0v) is 9.75. The molecule has 0 aliphatic rings. The summed E-state index contributed by atoms with van der Waals surface area (Å²) < 4.78 is 36.1. The lowest BCUT2D eigenvalue weighted by Crippen LogP contribution is -2.26. The van der Waals surface area contributed by atoms with Gasteiger partial charge in [-0.2, -0.15) is 18.3 Å². The SMILES string of the molecule is C=CN(CC(F)(F)F)/N=C\C=C(/C)C(C)C. The van der Waals surface area contributed by atoms with Crippen LogP contribution in [-0.2, 0) is 0 Å². The Morgan fingerprint density at radius 2 is 2.00 bits per heavy atom. The van der Waals surface area contributed by atoms with Crippen LogP contribution in [-0.4, -0.2) is 23.9 Å². The molecular formula is C11H17F3N2. The highest BCUT2D eigenvalue weighted by molar-refractivity contribution is 5.71. The summed E-state index contributed by atoms with van der Waals surface area (Å²) in [4.78, 5) is 0. The monoisotopic (exact) mass is 234 g/mol. The first-order valence-corrected chi connectivity index (χ1v) is 4.93. The van der Waals surface area contributed by atoms with E-state index >= 15 is 0 Å². The summed E-state index contributed by atoms with van der Waals surface area (Å²) in [5.41, 5.74) is 1.06. The van der Waals surface area contributed by atoms with Gasteiger partial charge in [0.2, 0.25) is 0 Å². The average molecular weight is 234 g/mol. The minimum Gasteiger partial charge on any atom is -0.264 e. The highest BCUT2D eigenvalue weighted by atomic mass is 19.4. The topological polar surface area (TPSA) is 15.6 Å². The van der Waals surface area contributed by atoms with Crippen LogP contribution in [0.4, 0.5) is 13.2 Å². The number of hydrogen-bond acceptors (Lipinski definition) is 2. The van der Waals surface area contributed by atoms with Gasteiger partial charge in [0.25, 0.3) is 0 Å². The standard InChI is InChI=1S/C11H17F3N2/c1-5-16(8-11(12,13)14)15-7-6-10(4)9(2)3/h5-7,9H,1,8H2,2-4H3/b10-6+,15-7-. The average Bonchev–Trinajstić information content (AvgIpc) is 2.13. The number of alkyl halides is 3. The number of halogens is 3. The molecule has 0 aliphatic carbocycles. The lowest BCUT2D eigenvalue weighted by molar-refractivity contribution is -0.140. The van der Waals surface area contributed by atoms with Crippen LogP contribution in [0.1, 0.15) is 20.8 Å². The smallest absolute Gasteiger partial charge is 0.264 e. The summed E-state index contributed by atoms with van der Waals surface area (Å²) in [6, 6.07) is 0. The molecule has 0 heterocycles. The minimum atomic E-state index is -4.28. The molecule has 0 aromatic heterocycles. The van der Waals surface area contributed by atoms with E-state index in [1.807, 2.05) is 20.8 Å². The molecule has 5 heteroatoms. The van der Waals surface area contributed by atoms with E-state index in [0.717, 1.165) is 16.8 Å². The van der Waals surface area contributed by atoms with E-state index in [9.17, 15) is 13.2 Å². The summed E-state index contributed by atoms with van der Waals surface area (Å²) in [5, 5.41) is 4.40. The Labute approximate surface area is 94.1 Å². The highest BCUT2D eigenvalue weighted by Gasteiger charge is 2.29. The van der Waals surface area contributed by atoms with Gasteiger partial charge in [0.15, 0.2) is 0 Å². The molecule has 0 saturated heterocycles. The maximum absolute atomic E-state index is 12.0. The Kier molecular flexibility index (Phi) is 5.85. The molecule has 0 N–H and O–H groups in total. The molecule has 0 amide bonds. The van der Waals surface area contributed by atoms with E-state index in [4.69, 9.17) is 0 Å². The molecule has 0 atom stereocenters. The van der Waals surface area contributed by atoms with Crippen molar-refractivity contribution in [2.24, 2.45) is 11.0 Å². The van der Waals surface area contributed by atoms with E-state index < -0.39 is 12.7 Å². The van der Waals surface area contributed by atoms with Gasteiger partial charge in [0.1, 0.15) is 6.54 Å². The van der Waals surface area contributed by atoms with Gasteiger partial charge < -0.3 is 0 Å². The Balaban J connectivity index is 4.39. The van der Waals surface area contributed by atoms with E-state index in [-0.39, 0.29) is 0 Å². The number of nitrogens with zero attached hydrogens (tertiary/aromatic N) is 2. The summed E-state index contributed by atoms with van der Waals surface area (Å²) in [6.45, 7) is 8.05. The van der Waals surface area contributed by atoms with Gasteiger partial charge in [0, 0.05) is 12.4 Å². The summed E-state index contributed by atoms with van der Waals surface area (Å²) in [5.74, 6) is 0.353. The number of allylic oxidation sites excluding steroid dienone is 2. The predicted octanol–water partition coefficient (Wildman–Crippen LogP) is 3.58. The summed E-state index contributed by atoms with van der Waals surface area (Å²) >= 11 is 0. The van der Waals surface area contributed by atoms with Crippen LogP contribution in [0.25, 0.3) is 0 Å². The number of hydrazone groups is 1. The van der Waals surface area contributed by atoms with Gasteiger partial charge in [-0.05, 0) is 18.9 Å². The van der Waals surface area contributed by atoms with Crippen molar-refractivity contribution >= 4 is 6.21 Å². The van der Waals surface area contributed by atoms with Gasteiger partial charge >= 0.3 is 6.18 Å². The molecule has 92 valence electrons. The molecule has 0 aromatic rings. The lowest BCUT2D eigenvalue weighted by atomic mass is 10.1. The van der Waals surface area contributed by atoms with Gasteiger partial charge in [-0.25, -0.2) is 0 Å². The second-order valence-electron chi connectivity index (χ2n) is 3.73. The van der Waals surface area contributed by atoms with Crippen LogP contribution in [0, 0.1) is 5.92 Å². The summed E-state index contributed by atoms with van der Waals surface area (Å²) in [7, 11) is 0. The zero-order valence-electron chi connectivity index (χ0n) is 9.75. The van der Waals surface area contributed by atoms with Crippen LogP contribution in [0.5, 0.6) is 0 Å². The van der Waals surface area contributed by atoms with Crippen LogP contribution in [0.3, 0.4) is 0 Å². The third-order valence-electron chi connectivity index (χ3n) is 2.02. The molecular weight excluding hydrogens is 217 g/mol. The van der Waals surface area contributed by atoms with Crippen molar-refractivity contribution in [3.8, 4) is 0 Å². The predicted molar refractivity (Wildman–Crippen MR) is 60.0 cm³/mol. The minimum absolute atomic E-state index is 0.353. The first kappa shape index (κ1) is 14.7. The van der Waals surface area contributed by atoms with E-state index in [1.54, 1.807) is 6.08 Å². The van der Waals surface area contributed by atoms with Gasteiger partial charge in [-0.3, -0.25) is 5.01 Å². The maximum atomic E-state index is 12.0. The Hall–Kier alpha value is -1.26. The van der Waals surface area contributed by atoms with Crippen molar-refractivity contribution in [1.82, 2.24) is 5.01 Å². The van der Waals surface area contributed by atoms with Crippen molar-refractivity contribution in [3.05, 3.63) is 24.4 Å². The van der Waals surface area contributed by atoms with Crippen molar-refractivity contribution in [3.63, 3.8) is 0 Å². The third-order valence-corrected chi connectivity index (χ3v) is 2.02. The van der Waals surface area contributed by atoms with E-state index in [1.165, 1.54) is 6.21 Å². The third kappa shape index (κ3) is 7.09. The first-order chi connectivity index (χ1) is 7.26. The van der Waals surface area contributed by atoms with Crippen LogP contribution in [0.2, 0.25) is 0 Å². The van der Waals surface area contributed by atoms with Crippen molar-refractivity contribution in [2.75, 3.05) is 6.54 Å². The first-order valence-electron chi connectivity index (χ1n) is 4.93. The Bertz CT molecular complexity index is 277. The number of hydrogen-bond donors (Lipinski definition) is 0. The van der Waals surface area contributed by atoms with Gasteiger partial charge in [-0.1, -0.05) is 26.0 Å². The molecule has 0 rings (SSSR count). The molecule has 0 aromatic carbocycles. The Morgan fingerprint density at radius 3 is 2.38 bits per heavy atom. The van der Waals surface area contributed by atoms with Crippen molar-refractivity contribution in [1.29, 1.82) is 0 Å². The quantitative estimate of drug-likeness (QED) is 0.524. The number of rotatable bonds is 5. The fourth-order valence-electron chi connectivity index (χ4n) is 0.765. The lowest BCUT2D eigenvalue weighted by Gasteiger charge is -2.15. The van der Waals surface area contributed by atoms with Crippen molar-refractivity contribution < 1.29 is 13.2 Å². The molecule has 0 radical (unpaired) electrons. The fourth-order valence-corrected chi connectivity index (χ4v) is 0.765. The molecule has 0 aliphatic heterocycles. The van der Waals surface area contributed by atoms with Crippen LogP contribution < -0.4 is 0 Å². The molecule has 0 unspecified atom stereocenters. The van der Waals surface area contributed by atoms with E-state index in [2.05, 4.69) is 11.7 Å². The Morgan fingerprint density at radius 1 is 1.44 bits per heavy atom. The zero-order chi connectivity index (χ0) is 12.8. The van der Waals surface area contributed by atoms with Crippen molar-refractivity contribution in [2.45, 2.75) is 26.9 Å². The molecule has 16 heavy (non-hydrogen) atoms. The second kappa shape index (κ2) is 6.35. The van der Waals surface area contributed by atoms with Gasteiger partial charge in [0.05, 0.1) is 0 Å². The molecule has 0 bridgehead atoms. The fraction of sp³-hybridized carbons (Fsp3) is 0.545.